The van der Waals surface area contributed by atoms with Crippen LogP contribution in [0, 0.1) is 11.2 Å². The lowest BCUT2D eigenvalue weighted by Crippen LogP contribution is -2.52. The van der Waals surface area contributed by atoms with Gasteiger partial charge in [-0.15, -0.1) is 0 Å². The van der Waals surface area contributed by atoms with E-state index in [9.17, 15) is 9.18 Å². The maximum absolute atomic E-state index is 13.3. The standard InChI is InChI=1S/C20H30FN5O/c1-22-19(26-10-4-9-20(14-26)11-18(27)24-13-20)23-12-17(25(2)3)15-5-7-16(21)8-6-15/h5-8,17H,4,9-14H2,1-3H3,(H,22,23)(H,24,27). The average Bonchev–Trinajstić information content (AvgIpc) is 2.99. The van der Waals surface area contributed by atoms with Crippen molar-refractivity contribution in [2.24, 2.45) is 10.4 Å². The molecule has 1 aromatic rings. The molecule has 27 heavy (non-hydrogen) atoms. The van der Waals surface area contributed by atoms with Crippen LogP contribution in [-0.4, -0.2) is 69.0 Å². The molecule has 0 saturated carbocycles. The fourth-order valence-electron chi connectivity index (χ4n) is 4.23. The van der Waals surface area contributed by atoms with E-state index in [2.05, 4.69) is 25.4 Å². The van der Waals surface area contributed by atoms with E-state index >= 15 is 0 Å². The summed E-state index contributed by atoms with van der Waals surface area (Å²) >= 11 is 0. The Hall–Kier alpha value is -2.15. The van der Waals surface area contributed by atoms with Gasteiger partial charge < -0.3 is 20.4 Å². The summed E-state index contributed by atoms with van der Waals surface area (Å²) in [6, 6.07) is 6.76. The summed E-state index contributed by atoms with van der Waals surface area (Å²) in [6.07, 6.45) is 2.75. The second kappa shape index (κ2) is 8.25. The lowest BCUT2D eigenvalue weighted by Gasteiger charge is -2.41. The number of aliphatic imine (C=N–C) groups is 1. The molecule has 2 heterocycles. The minimum absolute atomic E-state index is 0.0326. The number of amides is 1. The third-order valence-electron chi connectivity index (χ3n) is 5.70. The van der Waals surface area contributed by atoms with Gasteiger partial charge in [0.05, 0.1) is 6.04 Å². The van der Waals surface area contributed by atoms with Crippen molar-refractivity contribution in [1.82, 2.24) is 20.4 Å². The van der Waals surface area contributed by atoms with Gasteiger partial charge in [-0.3, -0.25) is 9.79 Å². The Balaban J connectivity index is 1.65. The Morgan fingerprint density at radius 1 is 1.41 bits per heavy atom. The average molecular weight is 375 g/mol. The first-order valence-electron chi connectivity index (χ1n) is 9.57. The van der Waals surface area contributed by atoms with Crippen molar-refractivity contribution in [3.8, 4) is 0 Å². The summed E-state index contributed by atoms with van der Waals surface area (Å²) in [6.45, 7) is 3.22. The second-order valence-corrected chi connectivity index (χ2v) is 7.94. The van der Waals surface area contributed by atoms with Crippen molar-refractivity contribution in [3.63, 3.8) is 0 Å². The summed E-state index contributed by atoms with van der Waals surface area (Å²) in [5, 5.41) is 6.47. The highest BCUT2D eigenvalue weighted by Gasteiger charge is 2.42. The van der Waals surface area contributed by atoms with Gasteiger partial charge in [-0.2, -0.15) is 0 Å². The molecule has 3 rings (SSSR count). The molecule has 0 aromatic heterocycles. The van der Waals surface area contributed by atoms with Crippen LogP contribution in [0.25, 0.3) is 0 Å². The van der Waals surface area contributed by atoms with Crippen molar-refractivity contribution in [2.45, 2.75) is 25.3 Å². The minimum atomic E-state index is -0.224. The molecule has 2 aliphatic heterocycles. The third kappa shape index (κ3) is 4.58. The van der Waals surface area contributed by atoms with Gasteiger partial charge in [-0.05, 0) is 44.6 Å². The molecule has 2 fully saturated rings. The van der Waals surface area contributed by atoms with Gasteiger partial charge in [0.15, 0.2) is 5.96 Å². The van der Waals surface area contributed by atoms with Crippen LogP contribution in [0.2, 0.25) is 0 Å². The Morgan fingerprint density at radius 3 is 2.74 bits per heavy atom. The first kappa shape index (κ1) is 19.6. The highest BCUT2D eigenvalue weighted by molar-refractivity contribution is 5.81. The van der Waals surface area contributed by atoms with Crippen molar-refractivity contribution < 1.29 is 9.18 Å². The number of likely N-dealkylation sites (tertiary alicyclic amines) is 1. The molecule has 148 valence electrons. The maximum atomic E-state index is 13.3. The van der Waals surface area contributed by atoms with Gasteiger partial charge in [0, 0.05) is 45.1 Å². The highest BCUT2D eigenvalue weighted by atomic mass is 19.1. The topological polar surface area (TPSA) is 60.0 Å². The van der Waals surface area contributed by atoms with Crippen molar-refractivity contribution in [1.29, 1.82) is 0 Å². The monoisotopic (exact) mass is 375 g/mol. The molecule has 2 atom stereocenters. The van der Waals surface area contributed by atoms with Gasteiger partial charge in [0.25, 0.3) is 0 Å². The number of carbonyl (C=O) groups excluding carboxylic acids is 1. The first-order chi connectivity index (χ1) is 12.9. The molecule has 0 aliphatic carbocycles. The predicted octanol–water partition coefficient (Wildman–Crippen LogP) is 1.61. The molecular formula is C20H30FN5O. The molecular weight excluding hydrogens is 345 g/mol. The van der Waals surface area contributed by atoms with Crippen LogP contribution in [0.5, 0.6) is 0 Å². The Morgan fingerprint density at radius 2 is 2.15 bits per heavy atom. The van der Waals surface area contributed by atoms with E-state index in [4.69, 9.17) is 0 Å². The molecule has 6 nitrogen and oxygen atoms in total. The molecule has 1 spiro atoms. The van der Waals surface area contributed by atoms with Crippen LogP contribution >= 0.6 is 0 Å². The number of hydrogen-bond donors (Lipinski definition) is 2. The molecule has 2 unspecified atom stereocenters. The molecule has 0 bridgehead atoms. The number of nitrogens with zero attached hydrogens (tertiary/aromatic N) is 3. The summed E-state index contributed by atoms with van der Waals surface area (Å²) in [5.74, 6) is 0.796. The SMILES string of the molecule is CN=C(NCC(c1ccc(F)cc1)N(C)C)N1CCCC2(CNC(=O)C2)C1. The van der Waals surface area contributed by atoms with E-state index in [0.29, 0.717) is 13.0 Å². The van der Waals surface area contributed by atoms with Gasteiger partial charge in [-0.1, -0.05) is 12.1 Å². The van der Waals surface area contributed by atoms with Crippen LogP contribution < -0.4 is 10.6 Å². The van der Waals surface area contributed by atoms with E-state index in [1.54, 1.807) is 7.05 Å². The van der Waals surface area contributed by atoms with Crippen molar-refractivity contribution in [2.75, 3.05) is 47.3 Å². The van der Waals surface area contributed by atoms with Crippen LogP contribution in [0.15, 0.2) is 29.3 Å². The fourth-order valence-corrected chi connectivity index (χ4v) is 4.23. The Bertz CT molecular complexity index is 690. The van der Waals surface area contributed by atoms with E-state index in [1.807, 2.05) is 26.2 Å². The van der Waals surface area contributed by atoms with Gasteiger partial charge in [-0.25, -0.2) is 4.39 Å². The zero-order valence-electron chi connectivity index (χ0n) is 16.5. The number of benzene rings is 1. The van der Waals surface area contributed by atoms with Crippen molar-refractivity contribution in [3.05, 3.63) is 35.6 Å². The Labute approximate surface area is 160 Å². The zero-order chi connectivity index (χ0) is 19.4. The van der Waals surface area contributed by atoms with Crippen molar-refractivity contribution >= 4 is 11.9 Å². The van der Waals surface area contributed by atoms with Crippen LogP contribution in [-0.2, 0) is 4.79 Å². The van der Waals surface area contributed by atoms with Crippen LogP contribution in [0.3, 0.4) is 0 Å². The summed E-state index contributed by atoms with van der Waals surface area (Å²) in [5.41, 5.74) is 1.09. The molecule has 2 aliphatic rings. The van der Waals surface area contributed by atoms with E-state index in [0.717, 1.165) is 44.0 Å². The fraction of sp³-hybridized carbons (Fsp3) is 0.600. The number of carbonyl (C=O) groups is 1. The molecule has 2 saturated heterocycles. The number of hydrogen-bond acceptors (Lipinski definition) is 3. The summed E-state index contributed by atoms with van der Waals surface area (Å²) in [4.78, 5) is 20.6. The molecule has 0 radical (unpaired) electrons. The molecule has 2 N–H and O–H groups in total. The molecule has 7 heteroatoms. The van der Waals surface area contributed by atoms with Crippen LogP contribution in [0.1, 0.15) is 30.9 Å². The number of rotatable bonds is 4. The third-order valence-corrected chi connectivity index (χ3v) is 5.70. The second-order valence-electron chi connectivity index (χ2n) is 7.94. The smallest absolute Gasteiger partial charge is 0.220 e. The summed E-state index contributed by atoms with van der Waals surface area (Å²) in [7, 11) is 5.83. The lowest BCUT2D eigenvalue weighted by molar-refractivity contribution is -0.119. The Kier molecular flexibility index (Phi) is 5.99. The predicted molar refractivity (Wildman–Crippen MR) is 105 cm³/mol. The van der Waals surface area contributed by atoms with E-state index < -0.39 is 0 Å². The number of nitrogens with one attached hydrogen (secondary N) is 2. The van der Waals surface area contributed by atoms with Gasteiger partial charge >= 0.3 is 0 Å². The van der Waals surface area contributed by atoms with E-state index in [-0.39, 0.29) is 23.2 Å². The largest absolute Gasteiger partial charge is 0.355 e. The molecule has 1 amide bonds. The lowest BCUT2D eigenvalue weighted by atomic mass is 9.79. The maximum Gasteiger partial charge on any atom is 0.220 e. The highest BCUT2D eigenvalue weighted by Crippen LogP contribution is 2.36. The zero-order valence-corrected chi connectivity index (χ0v) is 16.5. The number of halogens is 1. The van der Waals surface area contributed by atoms with Gasteiger partial charge in [0.2, 0.25) is 5.91 Å². The number of guanidine groups is 1. The summed E-state index contributed by atoms with van der Waals surface area (Å²) < 4.78 is 13.3. The van der Waals surface area contributed by atoms with Gasteiger partial charge in [0.1, 0.15) is 5.82 Å². The van der Waals surface area contributed by atoms with E-state index in [1.165, 1.54) is 12.1 Å². The number of piperidine rings is 1. The quantitative estimate of drug-likeness (QED) is 0.620. The normalized spacial score (nSPS) is 24.4. The number of likely N-dealkylation sites (N-methyl/N-ethyl adjacent to an activating group) is 1. The first-order valence-corrected chi connectivity index (χ1v) is 9.57. The molecule has 1 aromatic carbocycles. The van der Waals surface area contributed by atoms with Crippen LogP contribution in [0.4, 0.5) is 4.39 Å². The minimum Gasteiger partial charge on any atom is -0.355 e.